The van der Waals surface area contributed by atoms with Gasteiger partial charge in [0.1, 0.15) is 5.75 Å². The van der Waals surface area contributed by atoms with Crippen LogP contribution < -0.4 is 25.5 Å². The number of aromatic nitrogens is 2. The van der Waals surface area contributed by atoms with Crippen molar-refractivity contribution in [2.45, 2.75) is 45.4 Å². The van der Waals surface area contributed by atoms with Crippen molar-refractivity contribution in [2.75, 3.05) is 27.4 Å². The zero-order chi connectivity index (χ0) is 23.5. The van der Waals surface area contributed by atoms with Crippen molar-refractivity contribution >= 4 is 10.9 Å². The van der Waals surface area contributed by atoms with E-state index in [-0.39, 0.29) is 29.9 Å². The van der Waals surface area contributed by atoms with E-state index in [1.807, 2.05) is 32.0 Å². The number of nitrogens with zero attached hydrogens (tertiary/aromatic N) is 2. The number of benzene rings is 2. The molecule has 0 radical (unpaired) electrons. The highest BCUT2D eigenvalue weighted by Gasteiger charge is 2.23. The molecular weight excluding hydrogens is 424 g/mol. The van der Waals surface area contributed by atoms with Crippen LogP contribution in [-0.2, 0) is 11.3 Å². The molecule has 4 rings (SSSR count). The lowest BCUT2D eigenvalue weighted by molar-refractivity contribution is 0.0691. The number of fused-ring (bicyclic) bond motifs is 1. The van der Waals surface area contributed by atoms with E-state index >= 15 is 0 Å². The van der Waals surface area contributed by atoms with Crippen molar-refractivity contribution in [1.82, 2.24) is 9.13 Å². The Bertz CT molecular complexity index is 1250. The quantitative estimate of drug-likeness (QED) is 0.545. The molecule has 3 aromatic rings. The van der Waals surface area contributed by atoms with Crippen molar-refractivity contribution in [1.29, 1.82) is 0 Å². The molecule has 1 saturated heterocycles. The van der Waals surface area contributed by atoms with E-state index in [0.29, 0.717) is 54.2 Å². The van der Waals surface area contributed by atoms with Gasteiger partial charge in [-0.15, -0.1) is 0 Å². The van der Waals surface area contributed by atoms with Crippen LogP contribution in [-0.4, -0.2) is 42.7 Å². The Hall–Kier alpha value is -3.26. The normalized spacial score (nSPS) is 14.6. The lowest BCUT2D eigenvalue weighted by atomic mass is 10.1. The summed E-state index contributed by atoms with van der Waals surface area (Å²) in [5.74, 6) is 1.73. The largest absolute Gasteiger partial charge is 0.493 e. The van der Waals surface area contributed by atoms with E-state index in [0.717, 1.165) is 5.56 Å². The third kappa shape index (κ3) is 4.61. The van der Waals surface area contributed by atoms with E-state index < -0.39 is 0 Å². The minimum absolute atomic E-state index is 0.0298. The first-order chi connectivity index (χ1) is 15.9. The second-order valence-electron chi connectivity index (χ2n) is 8.42. The molecule has 0 saturated carbocycles. The standard InChI is InChI=1S/C25H30N2O6/c1-16(2)33-19-6-7-21-20(14-19)24(28)26(25(29)27(21)18-9-11-32-12-10-18)15-17-5-8-22(30-3)23(13-17)31-4/h5-8,13-14,16,18H,9-12,15H2,1-4H3. The van der Waals surface area contributed by atoms with Gasteiger partial charge < -0.3 is 18.9 Å². The second-order valence-corrected chi connectivity index (χ2v) is 8.42. The van der Waals surface area contributed by atoms with Crippen LogP contribution in [0.15, 0.2) is 46.0 Å². The molecule has 0 N–H and O–H groups in total. The van der Waals surface area contributed by atoms with Crippen molar-refractivity contribution in [3.63, 3.8) is 0 Å². The van der Waals surface area contributed by atoms with Crippen LogP contribution in [0.3, 0.4) is 0 Å². The predicted octanol–water partition coefficient (Wildman–Crippen LogP) is 3.37. The number of methoxy groups -OCH3 is 2. The van der Waals surface area contributed by atoms with Crippen molar-refractivity contribution in [3.05, 3.63) is 62.8 Å². The highest BCUT2D eigenvalue weighted by molar-refractivity contribution is 5.80. The Morgan fingerprint density at radius 2 is 1.73 bits per heavy atom. The molecule has 2 heterocycles. The summed E-state index contributed by atoms with van der Waals surface area (Å²) in [6.45, 7) is 5.15. The minimum atomic E-state index is -0.345. The molecule has 0 aliphatic carbocycles. The molecule has 8 nitrogen and oxygen atoms in total. The third-order valence-corrected chi connectivity index (χ3v) is 5.86. The van der Waals surface area contributed by atoms with Gasteiger partial charge in [0.15, 0.2) is 11.5 Å². The van der Waals surface area contributed by atoms with Gasteiger partial charge in [-0.2, -0.15) is 0 Å². The zero-order valence-corrected chi connectivity index (χ0v) is 19.5. The van der Waals surface area contributed by atoms with Gasteiger partial charge >= 0.3 is 5.69 Å². The number of hydrogen-bond donors (Lipinski definition) is 0. The molecule has 0 unspecified atom stereocenters. The maximum Gasteiger partial charge on any atom is 0.332 e. The van der Waals surface area contributed by atoms with Crippen LogP contribution in [0.4, 0.5) is 0 Å². The van der Waals surface area contributed by atoms with Crippen molar-refractivity contribution in [3.8, 4) is 17.2 Å². The maximum absolute atomic E-state index is 13.6. The van der Waals surface area contributed by atoms with E-state index in [1.54, 1.807) is 37.0 Å². The van der Waals surface area contributed by atoms with Gasteiger partial charge in [-0.1, -0.05) is 6.07 Å². The van der Waals surface area contributed by atoms with Gasteiger partial charge in [0.2, 0.25) is 0 Å². The smallest absolute Gasteiger partial charge is 0.332 e. The fourth-order valence-corrected chi connectivity index (χ4v) is 4.30. The SMILES string of the molecule is COc1ccc(Cn2c(=O)c3cc(OC(C)C)ccc3n(C3CCOCC3)c2=O)cc1OC. The van der Waals surface area contributed by atoms with Gasteiger partial charge in [-0.05, 0) is 62.6 Å². The molecule has 1 aromatic heterocycles. The molecule has 1 aliphatic rings. The fourth-order valence-electron chi connectivity index (χ4n) is 4.30. The molecule has 33 heavy (non-hydrogen) atoms. The van der Waals surface area contributed by atoms with Crippen LogP contribution >= 0.6 is 0 Å². The zero-order valence-electron chi connectivity index (χ0n) is 19.5. The Labute approximate surface area is 192 Å². The van der Waals surface area contributed by atoms with Crippen molar-refractivity contribution in [2.24, 2.45) is 0 Å². The summed E-state index contributed by atoms with van der Waals surface area (Å²) in [6, 6.07) is 10.7. The average Bonchev–Trinajstić information content (AvgIpc) is 2.82. The highest BCUT2D eigenvalue weighted by atomic mass is 16.5. The van der Waals surface area contributed by atoms with Crippen LogP contribution in [0.25, 0.3) is 10.9 Å². The van der Waals surface area contributed by atoms with E-state index in [9.17, 15) is 9.59 Å². The molecule has 0 spiro atoms. The molecule has 0 atom stereocenters. The first kappa shape index (κ1) is 22.9. The van der Waals surface area contributed by atoms with E-state index in [1.165, 1.54) is 4.57 Å². The second kappa shape index (κ2) is 9.70. The molecule has 0 bridgehead atoms. The van der Waals surface area contributed by atoms with Crippen LogP contribution in [0, 0.1) is 0 Å². The van der Waals surface area contributed by atoms with Crippen molar-refractivity contribution < 1.29 is 18.9 Å². The Morgan fingerprint density at radius 1 is 1.00 bits per heavy atom. The molecule has 176 valence electrons. The van der Waals surface area contributed by atoms with Gasteiger partial charge in [-0.3, -0.25) is 13.9 Å². The first-order valence-electron chi connectivity index (χ1n) is 11.2. The van der Waals surface area contributed by atoms with E-state index in [2.05, 4.69) is 0 Å². The first-order valence-corrected chi connectivity index (χ1v) is 11.2. The Balaban J connectivity index is 1.89. The van der Waals surface area contributed by atoms with Gasteiger partial charge in [0, 0.05) is 19.3 Å². The molecule has 8 heteroatoms. The summed E-state index contributed by atoms with van der Waals surface area (Å²) in [5.41, 5.74) is 0.713. The molecule has 2 aromatic carbocycles. The summed E-state index contributed by atoms with van der Waals surface area (Å²) < 4.78 is 25.1. The summed E-state index contributed by atoms with van der Waals surface area (Å²) >= 11 is 0. The lowest BCUT2D eigenvalue weighted by Gasteiger charge is -2.26. The number of rotatable bonds is 7. The Morgan fingerprint density at radius 3 is 2.39 bits per heavy atom. The summed E-state index contributed by atoms with van der Waals surface area (Å²) in [6.07, 6.45) is 1.40. The molecule has 1 fully saturated rings. The van der Waals surface area contributed by atoms with Gasteiger partial charge in [0.25, 0.3) is 5.56 Å². The molecule has 1 aliphatic heterocycles. The monoisotopic (exact) mass is 454 g/mol. The predicted molar refractivity (Wildman–Crippen MR) is 126 cm³/mol. The van der Waals surface area contributed by atoms with Crippen LogP contribution in [0.2, 0.25) is 0 Å². The highest BCUT2D eigenvalue weighted by Crippen LogP contribution is 2.28. The summed E-state index contributed by atoms with van der Waals surface area (Å²) in [4.78, 5) is 27.2. The third-order valence-electron chi connectivity index (χ3n) is 5.86. The maximum atomic E-state index is 13.6. The number of ether oxygens (including phenoxy) is 4. The fraction of sp³-hybridized carbons (Fsp3) is 0.440. The average molecular weight is 455 g/mol. The number of hydrogen-bond acceptors (Lipinski definition) is 6. The summed E-state index contributed by atoms with van der Waals surface area (Å²) in [5, 5.41) is 0.458. The van der Waals surface area contributed by atoms with Gasteiger partial charge in [-0.25, -0.2) is 4.79 Å². The minimum Gasteiger partial charge on any atom is -0.493 e. The van der Waals surface area contributed by atoms with Crippen LogP contribution in [0.5, 0.6) is 17.2 Å². The molecular formula is C25H30N2O6. The topological polar surface area (TPSA) is 80.9 Å². The molecule has 0 amide bonds. The van der Waals surface area contributed by atoms with E-state index in [4.69, 9.17) is 18.9 Å². The van der Waals surface area contributed by atoms with Gasteiger partial charge in [0.05, 0.1) is 37.8 Å². The Kier molecular flexibility index (Phi) is 6.74. The van der Waals surface area contributed by atoms with Crippen LogP contribution in [0.1, 0.15) is 38.3 Å². The lowest BCUT2D eigenvalue weighted by Crippen LogP contribution is -2.42. The summed E-state index contributed by atoms with van der Waals surface area (Å²) in [7, 11) is 3.12.